The summed E-state index contributed by atoms with van der Waals surface area (Å²) in [4.78, 5) is 0. The number of hydrogen-bond donors (Lipinski definition) is 2. The highest BCUT2D eigenvalue weighted by Gasteiger charge is 2.00. The Bertz CT molecular complexity index is 230. The Morgan fingerprint density at radius 3 is 2.58 bits per heavy atom. The molecule has 0 amide bonds. The van der Waals surface area contributed by atoms with Crippen molar-refractivity contribution in [2.75, 3.05) is 0 Å². The van der Waals surface area contributed by atoms with Crippen molar-refractivity contribution < 1.29 is 9.52 Å². The summed E-state index contributed by atoms with van der Waals surface area (Å²) in [6.45, 7) is 4.85. The molecule has 1 rings (SSSR count). The van der Waals surface area contributed by atoms with E-state index in [1.54, 1.807) is 6.07 Å². The highest BCUT2D eigenvalue weighted by Crippen LogP contribution is 2.07. The van der Waals surface area contributed by atoms with Gasteiger partial charge in [-0.2, -0.15) is 0 Å². The first-order valence-electron chi connectivity index (χ1n) is 4.14. The predicted molar refractivity (Wildman–Crippen MR) is 46.6 cm³/mol. The first-order chi connectivity index (χ1) is 5.72. The molecule has 0 aromatic carbocycles. The van der Waals surface area contributed by atoms with E-state index in [1.807, 2.05) is 6.07 Å². The van der Waals surface area contributed by atoms with Gasteiger partial charge < -0.3 is 14.8 Å². The number of rotatable bonds is 4. The van der Waals surface area contributed by atoms with E-state index >= 15 is 0 Å². The van der Waals surface area contributed by atoms with E-state index in [0.29, 0.717) is 11.8 Å². The molecule has 0 saturated heterocycles. The van der Waals surface area contributed by atoms with Gasteiger partial charge in [0.15, 0.2) is 0 Å². The highest BCUT2D eigenvalue weighted by atomic mass is 16.4. The summed E-state index contributed by atoms with van der Waals surface area (Å²) in [5.74, 6) is 1.49. The van der Waals surface area contributed by atoms with E-state index < -0.39 is 0 Å². The van der Waals surface area contributed by atoms with Gasteiger partial charge in [0.2, 0.25) is 0 Å². The van der Waals surface area contributed by atoms with Crippen molar-refractivity contribution in [2.45, 2.75) is 33.0 Å². The number of aliphatic hydroxyl groups excluding tert-OH is 1. The van der Waals surface area contributed by atoms with Crippen LogP contribution in [0.4, 0.5) is 0 Å². The van der Waals surface area contributed by atoms with Crippen LogP contribution in [0.1, 0.15) is 25.4 Å². The van der Waals surface area contributed by atoms with Gasteiger partial charge in [0, 0.05) is 6.04 Å². The summed E-state index contributed by atoms with van der Waals surface area (Å²) in [5, 5.41) is 11.9. The smallest absolute Gasteiger partial charge is 0.129 e. The Morgan fingerprint density at radius 1 is 1.42 bits per heavy atom. The van der Waals surface area contributed by atoms with Crippen LogP contribution in [0.5, 0.6) is 0 Å². The second-order valence-electron chi connectivity index (χ2n) is 3.06. The molecule has 0 fully saturated rings. The normalized spacial score (nSPS) is 11.0. The number of aliphatic hydroxyl groups is 1. The number of hydrogen-bond acceptors (Lipinski definition) is 3. The van der Waals surface area contributed by atoms with Crippen LogP contribution in [-0.4, -0.2) is 11.1 Å². The molecule has 0 aliphatic rings. The Balaban J connectivity index is 2.41. The van der Waals surface area contributed by atoms with Crippen molar-refractivity contribution in [3.05, 3.63) is 23.7 Å². The lowest BCUT2D eigenvalue weighted by Gasteiger charge is -2.04. The fraction of sp³-hybridized carbons (Fsp3) is 0.556. The van der Waals surface area contributed by atoms with Gasteiger partial charge in [-0.1, -0.05) is 13.8 Å². The van der Waals surface area contributed by atoms with E-state index in [4.69, 9.17) is 9.52 Å². The van der Waals surface area contributed by atoms with Crippen molar-refractivity contribution in [3.63, 3.8) is 0 Å². The van der Waals surface area contributed by atoms with E-state index in [0.717, 1.165) is 12.3 Å². The van der Waals surface area contributed by atoms with Crippen LogP contribution in [0.3, 0.4) is 0 Å². The van der Waals surface area contributed by atoms with Crippen LogP contribution < -0.4 is 5.32 Å². The maximum absolute atomic E-state index is 8.71. The van der Waals surface area contributed by atoms with Crippen LogP contribution in [0.15, 0.2) is 16.5 Å². The van der Waals surface area contributed by atoms with Gasteiger partial charge in [0.1, 0.15) is 18.1 Å². The van der Waals surface area contributed by atoms with Gasteiger partial charge in [-0.15, -0.1) is 0 Å². The van der Waals surface area contributed by atoms with Crippen LogP contribution >= 0.6 is 0 Å². The standard InChI is InChI=1S/C9H15NO2/c1-7(2)10-5-8-3-4-9(6-11)12-8/h3-4,7,10-11H,5-6H2,1-2H3. The Morgan fingerprint density at radius 2 is 2.08 bits per heavy atom. The molecule has 0 atom stereocenters. The van der Waals surface area contributed by atoms with Crippen molar-refractivity contribution in [3.8, 4) is 0 Å². The molecule has 0 spiro atoms. The summed E-state index contributed by atoms with van der Waals surface area (Å²) in [5.41, 5.74) is 0. The third-order valence-corrected chi connectivity index (χ3v) is 1.56. The molecule has 3 nitrogen and oxygen atoms in total. The molecule has 0 aliphatic carbocycles. The molecule has 0 radical (unpaired) electrons. The van der Waals surface area contributed by atoms with E-state index in [2.05, 4.69) is 19.2 Å². The summed E-state index contributed by atoms with van der Waals surface area (Å²) >= 11 is 0. The number of furan rings is 1. The fourth-order valence-corrected chi connectivity index (χ4v) is 0.907. The molecule has 0 aliphatic heterocycles. The van der Waals surface area contributed by atoms with Gasteiger partial charge in [-0.3, -0.25) is 0 Å². The van der Waals surface area contributed by atoms with E-state index in [9.17, 15) is 0 Å². The molecule has 12 heavy (non-hydrogen) atoms. The summed E-state index contributed by atoms with van der Waals surface area (Å²) in [6.07, 6.45) is 0. The van der Waals surface area contributed by atoms with Gasteiger partial charge in [0.05, 0.1) is 6.54 Å². The zero-order chi connectivity index (χ0) is 8.97. The zero-order valence-corrected chi connectivity index (χ0v) is 7.50. The van der Waals surface area contributed by atoms with E-state index in [-0.39, 0.29) is 6.61 Å². The molecule has 68 valence electrons. The highest BCUT2D eigenvalue weighted by molar-refractivity contribution is 5.06. The quantitative estimate of drug-likeness (QED) is 0.713. The minimum atomic E-state index is -0.0261. The average Bonchev–Trinajstić information content (AvgIpc) is 2.48. The minimum absolute atomic E-state index is 0.0261. The maximum atomic E-state index is 8.71. The molecule has 3 heteroatoms. The van der Waals surface area contributed by atoms with Gasteiger partial charge in [-0.05, 0) is 12.1 Å². The molecule has 2 N–H and O–H groups in total. The van der Waals surface area contributed by atoms with Gasteiger partial charge >= 0.3 is 0 Å². The summed E-state index contributed by atoms with van der Waals surface area (Å²) in [6, 6.07) is 4.12. The molecule has 1 heterocycles. The first-order valence-corrected chi connectivity index (χ1v) is 4.14. The van der Waals surface area contributed by atoms with Crippen molar-refractivity contribution >= 4 is 0 Å². The van der Waals surface area contributed by atoms with Crippen molar-refractivity contribution in [1.82, 2.24) is 5.32 Å². The summed E-state index contributed by atoms with van der Waals surface area (Å²) in [7, 11) is 0. The Labute approximate surface area is 72.4 Å². The van der Waals surface area contributed by atoms with Crippen LogP contribution in [-0.2, 0) is 13.2 Å². The SMILES string of the molecule is CC(C)NCc1ccc(CO)o1. The fourth-order valence-electron chi connectivity index (χ4n) is 0.907. The summed E-state index contributed by atoms with van der Waals surface area (Å²) < 4.78 is 5.27. The van der Waals surface area contributed by atoms with Gasteiger partial charge in [0.25, 0.3) is 0 Å². The van der Waals surface area contributed by atoms with Crippen molar-refractivity contribution in [2.24, 2.45) is 0 Å². The number of nitrogens with one attached hydrogen (secondary N) is 1. The van der Waals surface area contributed by atoms with Crippen molar-refractivity contribution in [1.29, 1.82) is 0 Å². The Hall–Kier alpha value is -0.800. The molecule has 1 aromatic rings. The average molecular weight is 169 g/mol. The third-order valence-electron chi connectivity index (χ3n) is 1.56. The van der Waals surface area contributed by atoms with Gasteiger partial charge in [-0.25, -0.2) is 0 Å². The first kappa shape index (κ1) is 9.29. The lowest BCUT2D eigenvalue weighted by atomic mass is 10.3. The lowest BCUT2D eigenvalue weighted by Crippen LogP contribution is -2.21. The van der Waals surface area contributed by atoms with E-state index in [1.165, 1.54) is 0 Å². The second-order valence-corrected chi connectivity index (χ2v) is 3.06. The monoisotopic (exact) mass is 169 g/mol. The molecule has 0 saturated carbocycles. The molecular formula is C9H15NO2. The second kappa shape index (κ2) is 4.28. The van der Waals surface area contributed by atoms with Crippen LogP contribution in [0, 0.1) is 0 Å². The minimum Gasteiger partial charge on any atom is -0.462 e. The topological polar surface area (TPSA) is 45.4 Å². The molecule has 0 unspecified atom stereocenters. The maximum Gasteiger partial charge on any atom is 0.129 e. The third kappa shape index (κ3) is 2.68. The largest absolute Gasteiger partial charge is 0.462 e. The zero-order valence-electron chi connectivity index (χ0n) is 7.50. The molecular weight excluding hydrogens is 154 g/mol. The van der Waals surface area contributed by atoms with Crippen LogP contribution in [0.2, 0.25) is 0 Å². The lowest BCUT2D eigenvalue weighted by molar-refractivity contribution is 0.242. The molecule has 0 bridgehead atoms. The van der Waals surface area contributed by atoms with Crippen LogP contribution in [0.25, 0.3) is 0 Å². The Kier molecular flexibility index (Phi) is 3.31. The predicted octanol–water partition coefficient (Wildman–Crippen LogP) is 1.27. The molecule has 1 aromatic heterocycles.